The van der Waals surface area contributed by atoms with Crippen molar-refractivity contribution in [1.29, 1.82) is 0 Å². The second kappa shape index (κ2) is 3.78. The molecule has 1 aliphatic rings. The SMILES string of the molecule is CC(C)Oc1cccc2c1NCCN2. The van der Waals surface area contributed by atoms with E-state index < -0.39 is 0 Å². The van der Waals surface area contributed by atoms with E-state index in [1.807, 2.05) is 26.0 Å². The summed E-state index contributed by atoms with van der Waals surface area (Å²) in [6, 6.07) is 6.07. The number of benzene rings is 1. The number of hydrogen-bond acceptors (Lipinski definition) is 3. The fraction of sp³-hybridized carbons (Fsp3) is 0.455. The van der Waals surface area contributed by atoms with Crippen LogP contribution in [0.1, 0.15) is 13.8 Å². The molecule has 2 rings (SSSR count). The zero-order chi connectivity index (χ0) is 9.97. The zero-order valence-corrected chi connectivity index (χ0v) is 8.63. The molecule has 0 bridgehead atoms. The lowest BCUT2D eigenvalue weighted by Gasteiger charge is -2.23. The molecule has 2 N–H and O–H groups in total. The van der Waals surface area contributed by atoms with Crippen molar-refractivity contribution in [2.75, 3.05) is 23.7 Å². The molecule has 0 spiro atoms. The van der Waals surface area contributed by atoms with E-state index in [1.165, 1.54) is 0 Å². The fourth-order valence-corrected chi connectivity index (χ4v) is 1.60. The van der Waals surface area contributed by atoms with Crippen molar-refractivity contribution in [3.8, 4) is 5.75 Å². The van der Waals surface area contributed by atoms with Crippen LogP contribution >= 0.6 is 0 Å². The first-order valence-electron chi connectivity index (χ1n) is 5.05. The monoisotopic (exact) mass is 192 g/mol. The number of fused-ring (bicyclic) bond motifs is 1. The van der Waals surface area contributed by atoms with Crippen molar-refractivity contribution < 1.29 is 4.74 Å². The van der Waals surface area contributed by atoms with Gasteiger partial charge >= 0.3 is 0 Å². The average Bonchev–Trinajstić information content (AvgIpc) is 2.18. The highest BCUT2D eigenvalue weighted by molar-refractivity contribution is 5.77. The number of para-hydroxylation sites is 1. The molecule has 0 radical (unpaired) electrons. The third-order valence-electron chi connectivity index (χ3n) is 2.13. The van der Waals surface area contributed by atoms with E-state index >= 15 is 0 Å². The Morgan fingerprint density at radius 3 is 2.79 bits per heavy atom. The Morgan fingerprint density at radius 2 is 2.00 bits per heavy atom. The Labute approximate surface area is 84.5 Å². The summed E-state index contributed by atoms with van der Waals surface area (Å²) in [7, 11) is 0. The number of ether oxygens (including phenoxy) is 1. The van der Waals surface area contributed by atoms with Crippen LogP contribution in [-0.4, -0.2) is 19.2 Å². The molecule has 3 nitrogen and oxygen atoms in total. The topological polar surface area (TPSA) is 33.3 Å². The molecule has 0 unspecified atom stereocenters. The fourth-order valence-electron chi connectivity index (χ4n) is 1.60. The predicted molar refractivity (Wildman–Crippen MR) is 59.2 cm³/mol. The van der Waals surface area contributed by atoms with Crippen LogP contribution in [0.2, 0.25) is 0 Å². The van der Waals surface area contributed by atoms with E-state index in [2.05, 4.69) is 16.7 Å². The van der Waals surface area contributed by atoms with Crippen LogP contribution in [0.25, 0.3) is 0 Å². The van der Waals surface area contributed by atoms with Gasteiger partial charge in [-0.2, -0.15) is 0 Å². The summed E-state index contributed by atoms with van der Waals surface area (Å²) in [6.45, 7) is 5.99. The lowest BCUT2D eigenvalue weighted by atomic mass is 10.2. The molecule has 0 saturated carbocycles. The highest BCUT2D eigenvalue weighted by atomic mass is 16.5. The predicted octanol–water partition coefficient (Wildman–Crippen LogP) is 2.31. The van der Waals surface area contributed by atoms with Crippen LogP contribution in [0.5, 0.6) is 5.75 Å². The summed E-state index contributed by atoms with van der Waals surface area (Å²) in [5.74, 6) is 0.935. The third kappa shape index (κ3) is 1.76. The first-order valence-corrected chi connectivity index (χ1v) is 5.05. The first kappa shape index (κ1) is 9.19. The van der Waals surface area contributed by atoms with E-state index in [9.17, 15) is 0 Å². The summed E-state index contributed by atoms with van der Waals surface area (Å²) in [5, 5.41) is 6.68. The van der Waals surface area contributed by atoms with Crippen molar-refractivity contribution in [3.63, 3.8) is 0 Å². The van der Waals surface area contributed by atoms with Crippen molar-refractivity contribution in [3.05, 3.63) is 18.2 Å². The summed E-state index contributed by atoms with van der Waals surface area (Å²) >= 11 is 0. The van der Waals surface area contributed by atoms with Gasteiger partial charge in [0.05, 0.1) is 11.8 Å². The van der Waals surface area contributed by atoms with Gasteiger partial charge in [-0.05, 0) is 26.0 Å². The lowest BCUT2D eigenvalue weighted by Crippen LogP contribution is -2.21. The minimum Gasteiger partial charge on any atom is -0.489 e. The molecule has 0 amide bonds. The van der Waals surface area contributed by atoms with Crippen LogP contribution < -0.4 is 15.4 Å². The summed E-state index contributed by atoms with van der Waals surface area (Å²) in [5.41, 5.74) is 2.22. The van der Waals surface area contributed by atoms with Gasteiger partial charge in [-0.1, -0.05) is 6.07 Å². The van der Waals surface area contributed by atoms with E-state index in [0.717, 1.165) is 30.2 Å². The van der Waals surface area contributed by atoms with Gasteiger partial charge < -0.3 is 15.4 Å². The number of nitrogens with one attached hydrogen (secondary N) is 2. The second-order valence-electron chi connectivity index (χ2n) is 3.70. The van der Waals surface area contributed by atoms with Crippen molar-refractivity contribution in [2.45, 2.75) is 20.0 Å². The first-order chi connectivity index (χ1) is 6.77. The number of anilines is 2. The van der Waals surface area contributed by atoms with Crippen molar-refractivity contribution in [2.24, 2.45) is 0 Å². The van der Waals surface area contributed by atoms with Gasteiger partial charge in [-0.25, -0.2) is 0 Å². The Morgan fingerprint density at radius 1 is 1.21 bits per heavy atom. The van der Waals surface area contributed by atoms with Crippen LogP contribution in [-0.2, 0) is 0 Å². The lowest BCUT2D eigenvalue weighted by molar-refractivity contribution is 0.243. The van der Waals surface area contributed by atoms with Gasteiger partial charge in [-0.15, -0.1) is 0 Å². The normalized spacial score (nSPS) is 14.2. The van der Waals surface area contributed by atoms with Gasteiger partial charge in [0, 0.05) is 13.1 Å². The Hall–Kier alpha value is -1.38. The van der Waals surface area contributed by atoms with E-state index in [0.29, 0.717) is 0 Å². The molecule has 1 heterocycles. The van der Waals surface area contributed by atoms with Gasteiger partial charge in [0.25, 0.3) is 0 Å². The quantitative estimate of drug-likeness (QED) is 0.754. The number of rotatable bonds is 2. The highest BCUT2D eigenvalue weighted by Crippen LogP contribution is 2.34. The molecule has 3 heteroatoms. The summed E-state index contributed by atoms with van der Waals surface area (Å²) < 4.78 is 5.71. The maximum Gasteiger partial charge on any atom is 0.144 e. The van der Waals surface area contributed by atoms with E-state index in [-0.39, 0.29) is 6.10 Å². The Kier molecular flexibility index (Phi) is 2.48. The molecular weight excluding hydrogens is 176 g/mol. The zero-order valence-electron chi connectivity index (χ0n) is 8.63. The van der Waals surface area contributed by atoms with E-state index in [1.54, 1.807) is 0 Å². The molecule has 76 valence electrons. The second-order valence-corrected chi connectivity index (χ2v) is 3.70. The molecule has 0 saturated heterocycles. The van der Waals surface area contributed by atoms with Crippen molar-refractivity contribution in [1.82, 2.24) is 0 Å². The average molecular weight is 192 g/mol. The molecular formula is C11H16N2O. The third-order valence-corrected chi connectivity index (χ3v) is 2.13. The highest BCUT2D eigenvalue weighted by Gasteiger charge is 2.13. The van der Waals surface area contributed by atoms with Gasteiger partial charge in [0.1, 0.15) is 11.4 Å². The molecule has 1 aromatic carbocycles. The standard InChI is InChI=1S/C11H16N2O/c1-8(2)14-10-5-3-4-9-11(10)13-7-6-12-9/h3-5,8,12-13H,6-7H2,1-2H3. The molecule has 1 aliphatic heterocycles. The summed E-state index contributed by atoms with van der Waals surface area (Å²) in [6.07, 6.45) is 0.213. The molecule has 0 aromatic heterocycles. The largest absolute Gasteiger partial charge is 0.489 e. The molecule has 0 fully saturated rings. The maximum absolute atomic E-state index is 5.71. The number of hydrogen-bond donors (Lipinski definition) is 2. The van der Waals surface area contributed by atoms with Crippen LogP contribution in [0.4, 0.5) is 11.4 Å². The van der Waals surface area contributed by atoms with Crippen LogP contribution in [0, 0.1) is 0 Å². The maximum atomic E-state index is 5.71. The molecule has 0 atom stereocenters. The van der Waals surface area contributed by atoms with Gasteiger partial charge in [0.2, 0.25) is 0 Å². The Bertz CT molecular complexity index is 323. The molecule has 14 heavy (non-hydrogen) atoms. The minimum atomic E-state index is 0.213. The molecule has 1 aromatic rings. The van der Waals surface area contributed by atoms with E-state index in [4.69, 9.17) is 4.74 Å². The summed E-state index contributed by atoms with van der Waals surface area (Å²) in [4.78, 5) is 0. The molecule has 0 aliphatic carbocycles. The van der Waals surface area contributed by atoms with Gasteiger partial charge in [0.15, 0.2) is 0 Å². The minimum absolute atomic E-state index is 0.213. The van der Waals surface area contributed by atoms with Crippen LogP contribution in [0.15, 0.2) is 18.2 Å². The van der Waals surface area contributed by atoms with Crippen LogP contribution in [0.3, 0.4) is 0 Å². The Balaban J connectivity index is 2.30. The van der Waals surface area contributed by atoms with Gasteiger partial charge in [-0.3, -0.25) is 0 Å². The van der Waals surface area contributed by atoms with Crippen molar-refractivity contribution >= 4 is 11.4 Å². The smallest absolute Gasteiger partial charge is 0.144 e.